The third-order valence-corrected chi connectivity index (χ3v) is 3.01. The lowest BCUT2D eigenvalue weighted by Crippen LogP contribution is -2.53. The average molecular weight is 315 g/mol. The predicted molar refractivity (Wildman–Crippen MR) is 62.6 cm³/mol. The Morgan fingerprint density at radius 3 is 2.45 bits per heavy atom. The van der Waals surface area contributed by atoms with Crippen LogP contribution in [-0.4, -0.2) is 29.5 Å². The number of carbonyl (C=O) groups excluding carboxylic acids is 1. The molecule has 0 aliphatic heterocycles. The normalized spacial score (nSPS) is 14.8. The Hall–Kier alpha value is -1.34. The first-order valence-corrected chi connectivity index (χ1v) is 6.03. The van der Waals surface area contributed by atoms with Gasteiger partial charge in [0.2, 0.25) is 0 Å². The molecule has 0 aromatic heterocycles. The van der Waals surface area contributed by atoms with E-state index < -0.39 is 40.6 Å². The second-order valence-corrected chi connectivity index (χ2v) is 4.18. The van der Waals surface area contributed by atoms with E-state index >= 15 is 0 Å². The molecule has 3 nitrogen and oxygen atoms in total. The minimum atomic E-state index is -4.50. The van der Waals surface area contributed by atoms with Crippen LogP contribution >= 0.6 is 11.6 Å². The SMILES string of the molecule is CCOC(=O)C(F)(F)C(O)(CCl)c1ccc(F)cc1F. The number of hydrogen-bond donors (Lipinski definition) is 1. The fraction of sp³-hybridized carbons (Fsp3) is 0.417. The Bertz CT molecular complexity index is 509. The number of esters is 1. The molecule has 0 radical (unpaired) electrons. The molecule has 0 heterocycles. The molecular formula is C12H11ClF4O3. The summed E-state index contributed by atoms with van der Waals surface area (Å²) in [5.74, 6) is -10.2. The van der Waals surface area contributed by atoms with Crippen molar-refractivity contribution in [2.75, 3.05) is 12.5 Å². The number of alkyl halides is 3. The number of ether oxygens (including phenoxy) is 1. The van der Waals surface area contributed by atoms with Gasteiger partial charge >= 0.3 is 11.9 Å². The zero-order chi connectivity index (χ0) is 15.6. The van der Waals surface area contributed by atoms with Gasteiger partial charge in [-0.1, -0.05) is 6.07 Å². The van der Waals surface area contributed by atoms with Crippen LogP contribution in [0.5, 0.6) is 0 Å². The van der Waals surface area contributed by atoms with Crippen molar-refractivity contribution in [2.45, 2.75) is 18.4 Å². The zero-order valence-corrected chi connectivity index (χ0v) is 11.1. The second-order valence-electron chi connectivity index (χ2n) is 3.91. The highest BCUT2D eigenvalue weighted by Gasteiger charge is 2.61. The monoisotopic (exact) mass is 314 g/mol. The molecule has 1 N–H and O–H groups in total. The highest BCUT2D eigenvalue weighted by molar-refractivity contribution is 6.19. The van der Waals surface area contributed by atoms with Crippen molar-refractivity contribution in [3.63, 3.8) is 0 Å². The Morgan fingerprint density at radius 1 is 1.40 bits per heavy atom. The van der Waals surface area contributed by atoms with Crippen molar-refractivity contribution in [1.82, 2.24) is 0 Å². The number of rotatable bonds is 5. The van der Waals surface area contributed by atoms with Crippen molar-refractivity contribution in [2.24, 2.45) is 0 Å². The molecule has 0 aliphatic rings. The van der Waals surface area contributed by atoms with Crippen LogP contribution in [0.15, 0.2) is 18.2 Å². The van der Waals surface area contributed by atoms with Gasteiger partial charge in [0, 0.05) is 11.6 Å². The van der Waals surface area contributed by atoms with E-state index in [1.165, 1.54) is 6.92 Å². The minimum Gasteiger partial charge on any atom is -0.461 e. The third kappa shape index (κ3) is 2.73. The van der Waals surface area contributed by atoms with Crippen molar-refractivity contribution in [3.05, 3.63) is 35.4 Å². The molecule has 20 heavy (non-hydrogen) atoms. The predicted octanol–water partition coefficient (Wildman–Crippen LogP) is 2.59. The van der Waals surface area contributed by atoms with Crippen molar-refractivity contribution < 1.29 is 32.2 Å². The van der Waals surface area contributed by atoms with E-state index in [1.807, 2.05) is 0 Å². The van der Waals surface area contributed by atoms with E-state index in [0.29, 0.717) is 18.2 Å². The van der Waals surface area contributed by atoms with Gasteiger partial charge in [0.15, 0.2) is 5.60 Å². The molecule has 1 aromatic carbocycles. The van der Waals surface area contributed by atoms with Crippen LogP contribution in [0.4, 0.5) is 17.6 Å². The summed E-state index contributed by atoms with van der Waals surface area (Å²) in [6.45, 7) is 0.922. The highest BCUT2D eigenvalue weighted by atomic mass is 35.5. The van der Waals surface area contributed by atoms with E-state index in [1.54, 1.807) is 0 Å². The summed E-state index contributed by atoms with van der Waals surface area (Å²) < 4.78 is 58.4. The lowest BCUT2D eigenvalue weighted by atomic mass is 9.88. The number of hydrogen-bond acceptors (Lipinski definition) is 3. The highest BCUT2D eigenvalue weighted by Crippen LogP contribution is 2.41. The Labute approximate surface area is 117 Å². The van der Waals surface area contributed by atoms with Crippen molar-refractivity contribution >= 4 is 17.6 Å². The number of carbonyl (C=O) groups is 1. The van der Waals surface area contributed by atoms with Crippen LogP contribution in [0, 0.1) is 11.6 Å². The summed E-state index contributed by atoms with van der Waals surface area (Å²) in [7, 11) is 0. The molecule has 0 aliphatic carbocycles. The molecule has 0 bridgehead atoms. The molecular weight excluding hydrogens is 304 g/mol. The minimum absolute atomic E-state index is 0.300. The number of benzene rings is 1. The average Bonchev–Trinajstić information content (AvgIpc) is 2.37. The van der Waals surface area contributed by atoms with Crippen molar-refractivity contribution in [1.29, 1.82) is 0 Å². The fourth-order valence-electron chi connectivity index (χ4n) is 1.54. The Balaban J connectivity index is 3.36. The van der Waals surface area contributed by atoms with E-state index in [2.05, 4.69) is 4.74 Å². The molecule has 1 unspecified atom stereocenters. The maximum atomic E-state index is 14.0. The maximum Gasteiger partial charge on any atom is 0.380 e. The summed E-state index contributed by atoms with van der Waals surface area (Å²) in [5.41, 5.74) is -4.34. The molecule has 1 atom stereocenters. The van der Waals surface area contributed by atoms with E-state index in [4.69, 9.17) is 11.6 Å². The van der Waals surface area contributed by atoms with Crippen LogP contribution in [0.1, 0.15) is 12.5 Å². The van der Waals surface area contributed by atoms with Gasteiger partial charge in [-0.15, -0.1) is 11.6 Å². The van der Waals surface area contributed by atoms with Gasteiger partial charge in [0.05, 0.1) is 12.5 Å². The van der Waals surface area contributed by atoms with Crippen LogP contribution in [0.2, 0.25) is 0 Å². The standard InChI is InChI=1S/C12H11ClF4O3/c1-2-20-10(18)12(16,17)11(19,6-13)8-4-3-7(14)5-9(8)15/h3-5,19H,2,6H2,1H3. The quantitative estimate of drug-likeness (QED) is 0.516. The summed E-state index contributed by atoms with van der Waals surface area (Å²) >= 11 is 5.29. The Morgan fingerprint density at radius 2 is 2.00 bits per heavy atom. The molecule has 8 heteroatoms. The lowest BCUT2D eigenvalue weighted by molar-refractivity contribution is -0.212. The molecule has 0 amide bonds. The largest absolute Gasteiger partial charge is 0.461 e. The first-order valence-electron chi connectivity index (χ1n) is 5.49. The smallest absolute Gasteiger partial charge is 0.380 e. The number of halogens is 5. The van der Waals surface area contributed by atoms with Gasteiger partial charge < -0.3 is 9.84 Å². The molecule has 0 spiro atoms. The van der Waals surface area contributed by atoms with Crippen molar-refractivity contribution in [3.8, 4) is 0 Å². The molecule has 1 aromatic rings. The van der Waals surface area contributed by atoms with E-state index in [0.717, 1.165) is 0 Å². The lowest BCUT2D eigenvalue weighted by Gasteiger charge is -2.32. The van der Waals surface area contributed by atoms with E-state index in [-0.39, 0.29) is 6.61 Å². The number of aliphatic hydroxyl groups is 1. The molecule has 0 saturated carbocycles. The zero-order valence-electron chi connectivity index (χ0n) is 10.3. The fourth-order valence-corrected chi connectivity index (χ4v) is 1.85. The third-order valence-electron chi connectivity index (χ3n) is 2.62. The van der Waals surface area contributed by atoms with Gasteiger partial charge in [0.1, 0.15) is 11.6 Å². The summed E-state index contributed by atoms with van der Waals surface area (Å²) in [5, 5.41) is 9.94. The summed E-state index contributed by atoms with van der Waals surface area (Å²) in [6, 6.07) is 1.56. The second kappa shape index (κ2) is 5.97. The topological polar surface area (TPSA) is 46.5 Å². The maximum absolute atomic E-state index is 14.0. The first kappa shape index (κ1) is 16.7. The van der Waals surface area contributed by atoms with Gasteiger partial charge in [-0.2, -0.15) is 8.78 Å². The van der Waals surface area contributed by atoms with E-state index in [9.17, 15) is 27.5 Å². The van der Waals surface area contributed by atoms with Crippen LogP contribution in [-0.2, 0) is 15.1 Å². The molecule has 0 saturated heterocycles. The van der Waals surface area contributed by atoms with Gasteiger partial charge in [-0.05, 0) is 13.0 Å². The van der Waals surface area contributed by atoms with Crippen LogP contribution in [0.3, 0.4) is 0 Å². The summed E-state index contributed by atoms with van der Waals surface area (Å²) in [4.78, 5) is 11.2. The van der Waals surface area contributed by atoms with Gasteiger partial charge in [-0.3, -0.25) is 0 Å². The van der Waals surface area contributed by atoms with Gasteiger partial charge in [0.25, 0.3) is 0 Å². The summed E-state index contributed by atoms with van der Waals surface area (Å²) in [6.07, 6.45) is 0. The Kier molecular flexibility index (Phi) is 4.99. The van der Waals surface area contributed by atoms with Crippen LogP contribution < -0.4 is 0 Å². The first-order chi connectivity index (χ1) is 9.20. The molecule has 1 rings (SSSR count). The van der Waals surface area contributed by atoms with Crippen LogP contribution in [0.25, 0.3) is 0 Å². The molecule has 112 valence electrons. The van der Waals surface area contributed by atoms with Gasteiger partial charge in [-0.25, -0.2) is 13.6 Å². The molecule has 0 fully saturated rings.